The topological polar surface area (TPSA) is 34.1 Å². The van der Waals surface area contributed by atoms with Crippen LogP contribution in [0.25, 0.3) is 0 Å². The van der Waals surface area contributed by atoms with E-state index in [2.05, 4.69) is 41.2 Å². The SMILES string of the molecule is COc1ccc(Br)cc1C(NC1CC1)c1nc(C)c(C)s1. The average molecular weight is 367 g/mol. The second-order valence-electron chi connectivity index (χ2n) is 5.45. The van der Waals surface area contributed by atoms with E-state index < -0.39 is 0 Å². The lowest BCUT2D eigenvalue weighted by Crippen LogP contribution is -2.25. The van der Waals surface area contributed by atoms with Gasteiger partial charge in [0.2, 0.25) is 0 Å². The summed E-state index contributed by atoms with van der Waals surface area (Å²) < 4.78 is 6.62. The molecule has 0 bridgehead atoms. The largest absolute Gasteiger partial charge is 0.496 e. The summed E-state index contributed by atoms with van der Waals surface area (Å²) in [6, 6.07) is 6.85. The average Bonchev–Trinajstić information content (AvgIpc) is 3.22. The van der Waals surface area contributed by atoms with Crippen molar-refractivity contribution in [1.82, 2.24) is 10.3 Å². The van der Waals surface area contributed by atoms with E-state index in [1.54, 1.807) is 18.4 Å². The van der Waals surface area contributed by atoms with Gasteiger partial charge in [-0.25, -0.2) is 4.98 Å². The standard InChI is InChI=1S/C16H19BrN2OS/c1-9-10(2)21-16(18-9)15(19-12-5-6-12)13-8-11(17)4-7-14(13)20-3/h4,7-8,12,15,19H,5-6H2,1-3H3. The molecule has 1 N–H and O–H groups in total. The quantitative estimate of drug-likeness (QED) is 0.852. The molecule has 21 heavy (non-hydrogen) atoms. The first-order chi connectivity index (χ1) is 10.1. The zero-order valence-corrected chi connectivity index (χ0v) is 14.8. The van der Waals surface area contributed by atoms with Crippen LogP contribution in [0.3, 0.4) is 0 Å². The maximum absolute atomic E-state index is 5.56. The molecule has 1 fully saturated rings. The molecule has 112 valence electrons. The molecule has 1 aromatic heterocycles. The van der Waals surface area contributed by atoms with Crippen molar-refractivity contribution in [3.05, 3.63) is 43.8 Å². The molecule has 5 heteroatoms. The molecule has 0 saturated heterocycles. The van der Waals surface area contributed by atoms with Crippen LogP contribution in [-0.4, -0.2) is 18.1 Å². The van der Waals surface area contributed by atoms with E-state index in [0.717, 1.165) is 26.5 Å². The number of nitrogens with one attached hydrogen (secondary N) is 1. The molecule has 2 aromatic rings. The van der Waals surface area contributed by atoms with Crippen LogP contribution in [0.4, 0.5) is 0 Å². The van der Waals surface area contributed by atoms with Gasteiger partial charge in [0, 0.05) is 21.0 Å². The fourth-order valence-electron chi connectivity index (χ4n) is 2.33. The van der Waals surface area contributed by atoms with Crippen molar-refractivity contribution in [2.24, 2.45) is 0 Å². The van der Waals surface area contributed by atoms with Crippen LogP contribution in [0.1, 0.15) is 40.0 Å². The minimum atomic E-state index is 0.0994. The monoisotopic (exact) mass is 366 g/mol. The molecular formula is C16H19BrN2OS. The van der Waals surface area contributed by atoms with Gasteiger partial charge in [-0.2, -0.15) is 0 Å². The predicted octanol–water partition coefficient (Wildman–Crippen LogP) is 4.37. The van der Waals surface area contributed by atoms with Gasteiger partial charge in [-0.05, 0) is 44.9 Å². The van der Waals surface area contributed by atoms with Crippen LogP contribution < -0.4 is 10.1 Å². The zero-order valence-electron chi connectivity index (χ0n) is 12.4. The Morgan fingerprint density at radius 3 is 2.71 bits per heavy atom. The number of aryl methyl sites for hydroxylation is 2. The number of ether oxygens (including phenoxy) is 1. The van der Waals surface area contributed by atoms with Crippen molar-refractivity contribution >= 4 is 27.3 Å². The summed E-state index contributed by atoms with van der Waals surface area (Å²) in [6.07, 6.45) is 2.49. The van der Waals surface area contributed by atoms with E-state index in [0.29, 0.717) is 6.04 Å². The summed E-state index contributed by atoms with van der Waals surface area (Å²) in [5.74, 6) is 0.904. The van der Waals surface area contributed by atoms with Crippen molar-refractivity contribution < 1.29 is 4.74 Å². The summed E-state index contributed by atoms with van der Waals surface area (Å²) >= 11 is 5.34. The summed E-state index contributed by atoms with van der Waals surface area (Å²) in [6.45, 7) is 4.20. The minimum absolute atomic E-state index is 0.0994. The number of rotatable bonds is 5. The molecule has 1 aliphatic carbocycles. The third-order valence-electron chi connectivity index (χ3n) is 3.77. The van der Waals surface area contributed by atoms with Gasteiger partial charge in [0.15, 0.2) is 0 Å². The summed E-state index contributed by atoms with van der Waals surface area (Å²) in [5, 5.41) is 4.83. The lowest BCUT2D eigenvalue weighted by Gasteiger charge is -2.19. The Hall–Kier alpha value is -0.910. The number of benzene rings is 1. The molecule has 1 atom stereocenters. The lowest BCUT2D eigenvalue weighted by molar-refractivity contribution is 0.403. The lowest BCUT2D eigenvalue weighted by atomic mass is 10.1. The minimum Gasteiger partial charge on any atom is -0.496 e. The normalized spacial score (nSPS) is 16.0. The molecule has 1 saturated carbocycles. The van der Waals surface area contributed by atoms with E-state index in [1.807, 2.05) is 12.1 Å². The van der Waals surface area contributed by atoms with Gasteiger partial charge in [-0.15, -0.1) is 11.3 Å². The Bertz CT molecular complexity index is 632. The Balaban J connectivity index is 2.04. The fraction of sp³-hybridized carbons (Fsp3) is 0.438. The van der Waals surface area contributed by atoms with Gasteiger partial charge in [-0.1, -0.05) is 15.9 Å². The van der Waals surface area contributed by atoms with Crippen LogP contribution in [0.5, 0.6) is 5.75 Å². The summed E-state index contributed by atoms with van der Waals surface area (Å²) in [4.78, 5) is 6.04. The number of nitrogens with zero attached hydrogens (tertiary/aromatic N) is 1. The highest BCUT2D eigenvalue weighted by Crippen LogP contribution is 2.37. The molecule has 1 aromatic carbocycles. The highest BCUT2D eigenvalue weighted by molar-refractivity contribution is 9.10. The number of halogens is 1. The number of aromatic nitrogens is 1. The molecular weight excluding hydrogens is 348 g/mol. The number of hydrogen-bond donors (Lipinski definition) is 1. The van der Waals surface area contributed by atoms with Crippen molar-refractivity contribution in [3.8, 4) is 5.75 Å². The molecule has 1 aliphatic rings. The van der Waals surface area contributed by atoms with Gasteiger partial charge in [0.05, 0.1) is 18.8 Å². The van der Waals surface area contributed by atoms with Crippen molar-refractivity contribution in [2.75, 3.05) is 7.11 Å². The number of methoxy groups -OCH3 is 1. The maximum atomic E-state index is 5.56. The van der Waals surface area contributed by atoms with Gasteiger partial charge in [-0.3, -0.25) is 0 Å². The van der Waals surface area contributed by atoms with Crippen molar-refractivity contribution in [2.45, 2.75) is 38.8 Å². The fourth-order valence-corrected chi connectivity index (χ4v) is 3.71. The second kappa shape index (κ2) is 6.07. The summed E-state index contributed by atoms with van der Waals surface area (Å²) in [7, 11) is 1.72. The molecule has 0 amide bonds. The third kappa shape index (κ3) is 3.30. The van der Waals surface area contributed by atoms with Crippen molar-refractivity contribution in [3.63, 3.8) is 0 Å². The van der Waals surface area contributed by atoms with E-state index in [1.165, 1.54) is 17.7 Å². The Labute approximate surface area is 137 Å². The van der Waals surface area contributed by atoms with Crippen LogP contribution >= 0.6 is 27.3 Å². The summed E-state index contributed by atoms with van der Waals surface area (Å²) in [5.41, 5.74) is 2.26. The molecule has 3 nitrogen and oxygen atoms in total. The highest BCUT2D eigenvalue weighted by Gasteiger charge is 2.30. The van der Waals surface area contributed by atoms with Crippen LogP contribution in [-0.2, 0) is 0 Å². The Morgan fingerprint density at radius 1 is 1.38 bits per heavy atom. The van der Waals surface area contributed by atoms with Crippen LogP contribution in [0, 0.1) is 13.8 Å². The predicted molar refractivity (Wildman–Crippen MR) is 90.3 cm³/mol. The highest BCUT2D eigenvalue weighted by atomic mass is 79.9. The van der Waals surface area contributed by atoms with Crippen molar-refractivity contribution in [1.29, 1.82) is 0 Å². The molecule has 0 aliphatic heterocycles. The van der Waals surface area contributed by atoms with Crippen LogP contribution in [0.2, 0.25) is 0 Å². The number of hydrogen-bond acceptors (Lipinski definition) is 4. The van der Waals surface area contributed by atoms with Gasteiger partial charge < -0.3 is 10.1 Å². The Morgan fingerprint density at radius 2 is 2.14 bits per heavy atom. The molecule has 0 spiro atoms. The van der Waals surface area contributed by atoms with Gasteiger partial charge >= 0.3 is 0 Å². The maximum Gasteiger partial charge on any atom is 0.124 e. The van der Waals surface area contributed by atoms with Gasteiger partial charge in [0.1, 0.15) is 10.8 Å². The molecule has 3 rings (SSSR count). The van der Waals surface area contributed by atoms with E-state index >= 15 is 0 Å². The second-order valence-corrected chi connectivity index (χ2v) is 7.60. The third-order valence-corrected chi connectivity index (χ3v) is 5.41. The van der Waals surface area contributed by atoms with E-state index in [9.17, 15) is 0 Å². The van der Waals surface area contributed by atoms with E-state index in [-0.39, 0.29) is 6.04 Å². The van der Waals surface area contributed by atoms with Gasteiger partial charge in [0.25, 0.3) is 0 Å². The first-order valence-corrected chi connectivity index (χ1v) is 8.73. The zero-order chi connectivity index (χ0) is 15.0. The molecule has 1 heterocycles. The van der Waals surface area contributed by atoms with E-state index in [4.69, 9.17) is 9.72 Å². The Kier molecular flexibility index (Phi) is 4.33. The molecule has 1 unspecified atom stereocenters. The van der Waals surface area contributed by atoms with Crippen LogP contribution in [0.15, 0.2) is 22.7 Å². The molecule has 0 radical (unpaired) electrons. The first kappa shape index (κ1) is 15.0. The smallest absolute Gasteiger partial charge is 0.124 e. The number of thiazole rings is 1. The first-order valence-electron chi connectivity index (χ1n) is 7.12.